The van der Waals surface area contributed by atoms with Gasteiger partial charge in [0.2, 0.25) is 0 Å². The lowest BCUT2D eigenvalue weighted by atomic mass is 10.2. The van der Waals surface area contributed by atoms with Gasteiger partial charge in [-0.15, -0.1) is 0 Å². The van der Waals surface area contributed by atoms with E-state index in [1.165, 1.54) is 0 Å². The molecule has 122 valence electrons. The summed E-state index contributed by atoms with van der Waals surface area (Å²) in [7, 11) is -1.76. The molecular formula is C18H28O3Si. The van der Waals surface area contributed by atoms with Gasteiger partial charge in [-0.3, -0.25) is 0 Å². The molecule has 4 heteroatoms. The second-order valence-electron chi connectivity index (χ2n) is 6.94. The second-order valence-corrected chi connectivity index (χ2v) is 11.8. The number of benzene rings is 1. The van der Waals surface area contributed by atoms with Gasteiger partial charge < -0.3 is 9.16 Å². The average molecular weight is 321 g/mol. The number of rotatable bonds is 7. The summed E-state index contributed by atoms with van der Waals surface area (Å²) >= 11 is 0. The highest BCUT2D eigenvalue weighted by molar-refractivity contribution is 6.74. The molecule has 0 N–H and O–H groups in total. The van der Waals surface area contributed by atoms with Crippen molar-refractivity contribution < 1.29 is 14.0 Å². The molecule has 0 fully saturated rings. The van der Waals surface area contributed by atoms with Crippen molar-refractivity contribution in [3.63, 3.8) is 0 Å². The Kier molecular flexibility index (Phi) is 6.57. The maximum absolute atomic E-state index is 12.0. The Morgan fingerprint density at radius 1 is 1.27 bits per heavy atom. The minimum atomic E-state index is -1.76. The largest absolute Gasteiger partial charge is 0.454 e. The molecule has 0 radical (unpaired) electrons. The molecule has 1 aromatic rings. The summed E-state index contributed by atoms with van der Waals surface area (Å²) < 4.78 is 11.6. The second kappa shape index (κ2) is 7.74. The Labute approximate surface area is 135 Å². The molecule has 0 bridgehead atoms. The van der Waals surface area contributed by atoms with Crippen LogP contribution in [0.25, 0.3) is 0 Å². The first-order chi connectivity index (χ1) is 10.2. The third kappa shape index (κ3) is 5.43. The lowest BCUT2D eigenvalue weighted by molar-refractivity contribution is 0.0354. The van der Waals surface area contributed by atoms with Gasteiger partial charge in [0.25, 0.3) is 0 Å². The number of ether oxygens (including phenoxy) is 1. The molecule has 0 aromatic heterocycles. The predicted octanol–water partition coefficient (Wildman–Crippen LogP) is 4.81. The zero-order valence-corrected chi connectivity index (χ0v) is 15.4. The summed E-state index contributed by atoms with van der Waals surface area (Å²) in [5.74, 6) is -0.321. The van der Waals surface area contributed by atoms with Crippen LogP contribution in [0.3, 0.4) is 0 Å². The van der Waals surface area contributed by atoms with Gasteiger partial charge in [0.1, 0.15) is 6.10 Å². The van der Waals surface area contributed by atoms with Gasteiger partial charge >= 0.3 is 5.97 Å². The standard InChI is InChI=1S/C18H28O3Si/c1-7-16(13-14-20-22(5,6)18(2,3)4)21-17(19)15-11-9-8-10-12-15/h7-12,16H,1,13-14H2,2-6H3/t16-/m0/s1. The third-order valence-electron chi connectivity index (χ3n) is 4.20. The quantitative estimate of drug-likeness (QED) is 0.411. The van der Waals surface area contributed by atoms with E-state index >= 15 is 0 Å². The Morgan fingerprint density at radius 3 is 2.36 bits per heavy atom. The Balaban J connectivity index is 2.50. The van der Waals surface area contributed by atoms with Gasteiger partial charge in [-0.25, -0.2) is 4.79 Å². The van der Waals surface area contributed by atoms with Crippen molar-refractivity contribution in [2.75, 3.05) is 6.61 Å². The monoisotopic (exact) mass is 320 g/mol. The first-order valence-electron chi connectivity index (χ1n) is 7.70. The lowest BCUT2D eigenvalue weighted by Gasteiger charge is -2.36. The van der Waals surface area contributed by atoms with Crippen LogP contribution in [0.15, 0.2) is 43.0 Å². The van der Waals surface area contributed by atoms with Crippen LogP contribution in [0.4, 0.5) is 0 Å². The van der Waals surface area contributed by atoms with E-state index < -0.39 is 8.32 Å². The molecule has 0 saturated heterocycles. The van der Waals surface area contributed by atoms with Crippen molar-refractivity contribution in [2.45, 2.75) is 51.4 Å². The number of carbonyl (C=O) groups excluding carboxylic acids is 1. The Morgan fingerprint density at radius 2 is 1.86 bits per heavy atom. The lowest BCUT2D eigenvalue weighted by Crippen LogP contribution is -2.41. The van der Waals surface area contributed by atoms with Crippen molar-refractivity contribution in [3.05, 3.63) is 48.6 Å². The molecule has 3 nitrogen and oxygen atoms in total. The summed E-state index contributed by atoms with van der Waals surface area (Å²) in [6.45, 7) is 15.4. The predicted molar refractivity (Wildman–Crippen MR) is 93.6 cm³/mol. The van der Waals surface area contributed by atoms with Gasteiger partial charge in [0, 0.05) is 13.0 Å². The van der Waals surface area contributed by atoms with E-state index in [9.17, 15) is 4.79 Å². The summed E-state index contributed by atoms with van der Waals surface area (Å²) in [5.41, 5.74) is 0.555. The Bertz CT molecular complexity index is 489. The van der Waals surface area contributed by atoms with E-state index in [1.54, 1.807) is 18.2 Å². The molecule has 0 unspecified atom stereocenters. The van der Waals surface area contributed by atoms with E-state index in [1.807, 2.05) is 18.2 Å². The van der Waals surface area contributed by atoms with Crippen LogP contribution in [0.2, 0.25) is 18.1 Å². The van der Waals surface area contributed by atoms with Crippen molar-refractivity contribution in [1.29, 1.82) is 0 Å². The Hall–Kier alpha value is -1.39. The smallest absolute Gasteiger partial charge is 0.338 e. The van der Waals surface area contributed by atoms with E-state index in [4.69, 9.17) is 9.16 Å². The highest BCUT2D eigenvalue weighted by Crippen LogP contribution is 2.36. The first-order valence-corrected chi connectivity index (χ1v) is 10.6. The summed E-state index contributed by atoms with van der Waals surface area (Å²) in [6, 6.07) is 9.00. The van der Waals surface area contributed by atoms with Crippen molar-refractivity contribution in [3.8, 4) is 0 Å². The van der Waals surface area contributed by atoms with Gasteiger partial charge in [0.15, 0.2) is 8.32 Å². The fraction of sp³-hybridized carbons (Fsp3) is 0.500. The topological polar surface area (TPSA) is 35.5 Å². The van der Waals surface area contributed by atoms with E-state index in [0.29, 0.717) is 18.6 Å². The van der Waals surface area contributed by atoms with E-state index in [0.717, 1.165) is 0 Å². The fourth-order valence-electron chi connectivity index (χ4n) is 1.65. The highest BCUT2D eigenvalue weighted by atomic mass is 28.4. The molecule has 1 aromatic carbocycles. The first kappa shape index (κ1) is 18.7. The number of hydrogen-bond acceptors (Lipinski definition) is 3. The molecule has 1 rings (SSSR count). The van der Waals surface area contributed by atoms with Crippen molar-refractivity contribution >= 4 is 14.3 Å². The van der Waals surface area contributed by atoms with Gasteiger partial charge in [-0.1, -0.05) is 51.6 Å². The van der Waals surface area contributed by atoms with Crippen LogP contribution in [0, 0.1) is 0 Å². The summed E-state index contributed by atoms with van der Waals surface area (Å²) in [6.07, 6.45) is 1.97. The molecule has 22 heavy (non-hydrogen) atoms. The average Bonchev–Trinajstić information content (AvgIpc) is 2.45. The molecule has 0 heterocycles. The molecule has 0 aliphatic heterocycles. The fourth-order valence-corrected chi connectivity index (χ4v) is 2.71. The maximum Gasteiger partial charge on any atom is 0.338 e. The van der Waals surface area contributed by atoms with Gasteiger partial charge in [-0.2, -0.15) is 0 Å². The van der Waals surface area contributed by atoms with Crippen LogP contribution < -0.4 is 0 Å². The van der Waals surface area contributed by atoms with Crippen LogP contribution in [-0.2, 0) is 9.16 Å². The van der Waals surface area contributed by atoms with E-state index in [-0.39, 0.29) is 17.1 Å². The molecule has 0 aliphatic carbocycles. The number of hydrogen-bond donors (Lipinski definition) is 0. The minimum Gasteiger partial charge on any atom is -0.454 e. The number of esters is 1. The van der Waals surface area contributed by atoms with Crippen LogP contribution >= 0.6 is 0 Å². The summed E-state index contributed by atoms with van der Waals surface area (Å²) in [4.78, 5) is 12.0. The highest BCUT2D eigenvalue weighted by Gasteiger charge is 2.37. The molecule has 1 atom stereocenters. The SMILES string of the molecule is C=C[C@@H](CCO[Si](C)(C)C(C)(C)C)OC(=O)c1ccccc1. The minimum absolute atomic E-state index is 0.178. The van der Waals surface area contributed by atoms with Crippen LogP contribution in [-0.4, -0.2) is 27.0 Å². The molecular weight excluding hydrogens is 292 g/mol. The maximum atomic E-state index is 12.0. The number of carbonyl (C=O) groups is 1. The third-order valence-corrected chi connectivity index (χ3v) is 8.74. The summed E-state index contributed by atoms with van der Waals surface area (Å²) in [5, 5.41) is 0.178. The van der Waals surface area contributed by atoms with Gasteiger partial charge in [-0.05, 0) is 30.3 Å². The molecule has 0 amide bonds. The zero-order valence-electron chi connectivity index (χ0n) is 14.4. The van der Waals surface area contributed by atoms with Crippen LogP contribution in [0.5, 0.6) is 0 Å². The normalized spacial score (nSPS) is 13.5. The molecule has 0 aliphatic rings. The van der Waals surface area contributed by atoms with Crippen molar-refractivity contribution in [2.24, 2.45) is 0 Å². The van der Waals surface area contributed by atoms with Crippen LogP contribution in [0.1, 0.15) is 37.6 Å². The van der Waals surface area contributed by atoms with Crippen molar-refractivity contribution in [1.82, 2.24) is 0 Å². The molecule has 0 spiro atoms. The van der Waals surface area contributed by atoms with E-state index in [2.05, 4.69) is 40.4 Å². The van der Waals surface area contributed by atoms with Gasteiger partial charge in [0.05, 0.1) is 5.56 Å². The zero-order chi connectivity index (χ0) is 16.8. The molecule has 0 saturated carbocycles.